The smallest absolute Gasteiger partial charge is 0.138 e. The molecule has 1 saturated carbocycles. The largest absolute Gasteiger partial charge is 0.299 e. The van der Waals surface area contributed by atoms with E-state index < -0.39 is 0 Å². The predicted octanol–water partition coefficient (Wildman–Crippen LogP) is 3.96. The van der Waals surface area contributed by atoms with Gasteiger partial charge >= 0.3 is 0 Å². The second-order valence-electron chi connectivity index (χ2n) is 5.19. The van der Waals surface area contributed by atoms with E-state index in [-0.39, 0.29) is 5.41 Å². The van der Waals surface area contributed by atoms with Crippen LogP contribution in [-0.2, 0) is 4.79 Å². The summed E-state index contributed by atoms with van der Waals surface area (Å²) < 4.78 is 0. The summed E-state index contributed by atoms with van der Waals surface area (Å²) in [7, 11) is 0. The highest BCUT2D eigenvalue weighted by Crippen LogP contribution is 2.38. The Bertz CT molecular complexity index is 185. The highest BCUT2D eigenvalue weighted by molar-refractivity contribution is 5.84. The molecule has 82 valence electrons. The second kappa shape index (κ2) is 4.95. The summed E-state index contributed by atoms with van der Waals surface area (Å²) in [6.07, 6.45) is 8.61. The molecule has 0 heterocycles. The van der Waals surface area contributed by atoms with Crippen LogP contribution in [0.4, 0.5) is 0 Å². The fraction of sp³-hybridized carbons (Fsp3) is 0.923. The van der Waals surface area contributed by atoms with Crippen LogP contribution in [0, 0.1) is 11.3 Å². The van der Waals surface area contributed by atoms with E-state index in [1.165, 1.54) is 38.5 Å². The van der Waals surface area contributed by atoms with E-state index >= 15 is 0 Å². The number of ketones is 1. The summed E-state index contributed by atoms with van der Waals surface area (Å²) in [5, 5.41) is 0. The number of rotatable bonds is 3. The van der Waals surface area contributed by atoms with Crippen molar-refractivity contribution < 1.29 is 4.79 Å². The highest BCUT2D eigenvalue weighted by Gasteiger charge is 2.34. The predicted molar refractivity (Wildman–Crippen MR) is 60.3 cm³/mol. The summed E-state index contributed by atoms with van der Waals surface area (Å²) >= 11 is 0. The van der Waals surface area contributed by atoms with Gasteiger partial charge in [0.2, 0.25) is 0 Å². The minimum atomic E-state index is -0.0703. The maximum Gasteiger partial charge on any atom is 0.138 e. The van der Waals surface area contributed by atoms with Gasteiger partial charge in [-0.05, 0) is 18.8 Å². The van der Waals surface area contributed by atoms with Crippen LogP contribution in [0.1, 0.15) is 65.7 Å². The van der Waals surface area contributed by atoms with Crippen LogP contribution in [0.2, 0.25) is 0 Å². The Kier molecular flexibility index (Phi) is 4.15. The third-order valence-corrected chi connectivity index (χ3v) is 3.92. The molecule has 1 rings (SSSR count). The Morgan fingerprint density at radius 2 is 1.64 bits per heavy atom. The van der Waals surface area contributed by atoms with Gasteiger partial charge in [0.05, 0.1) is 0 Å². The number of carbonyl (C=O) groups excluding carboxylic acids is 1. The zero-order chi connectivity index (χ0) is 10.6. The lowest BCUT2D eigenvalue weighted by Gasteiger charge is -2.32. The van der Waals surface area contributed by atoms with Gasteiger partial charge < -0.3 is 0 Å². The molecule has 1 aliphatic carbocycles. The quantitative estimate of drug-likeness (QED) is 0.624. The van der Waals surface area contributed by atoms with Crippen molar-refractivity contribution in [1.29, 1.82) is 0 Å². The normalized spacial score (nSPS) is 20.5. The van der Waals surface area contributed by atoms with Crippen LogP contribution in [-0.4, -0.2) is 5.78 Å². The van der Waals surface area contributed by atoms with E-state index in [4.69, 9.17) is 0 Å². The summed E-state index contributed by atoms with van der Waals surface area (Å²) in [6.45, 7) is 6.28. The van der Waals surface area contributed by atoms with Crippen LogP contribution >= 0.6 is 0 Å². The Balaban J connectivity index is 2.63. The Morgan fingerprint density at radius 1 is 1.14 bits per heavy atom. The molecule has 1 heteroatoms. The molecular weight excluding hydrogens is 172 g/mol. The zero-order valence-corrected chi connectivity index (χ0v) is 9.94. The lowest BCUT2D eigenvalue weighted by Crippen LogP contribution is -2.32. The molecule has 0 unspecified atom stereocenters. The van der Waals surface area contributed by atoms with Crippen LogP contribution in [0.25, 0.3) is 0 Å². The second-order valence-corrected chi connectivity index (χ2v) is 5.19. The van der Waals surface area contributed by atoms with Crippen molar-refractivity contribution in [3.63, 3.8) is 0 Å². The topological polar surface area (TPSA) is 17.1 Å². The van der Waals surface area contributed by atoms with Crippen LogP contribution in [0.3, 0.4) is 0 Å². The number of Topliss-reactive ketones (excluding diaryl/α,β-unsaturated/α-hetero) is 1. The highest BCUT2D eigenvalue weighted by atomic mass is 16.1. The van der Waals surface area contributed by atoms with E-state index in [2.05, 4.69) is 13.8 Å². The molecule has 0 bridgehead atoms. The van der Waals surface area contributed by atoms with Crippen molar-refractivity contribution in [2.24, 2.45) is 11.3 Å². The number of hydrogen-bond acceptors (Lipinski definition) is 1. The van der Waals surface area contributed by atoms with E-state index in [1.54, 1.807) is 0 Å². The van der Waals surface area contributed by atoms with Gasteiger partial charge in [-0.25, -0.2) is 0 Å². The minimum absolute atomic E-state index is 0.0703. The van der Waals surface area contributed by atoms with Gasteiger partial charge in [-0.3, -0.25) is 4.79 Å². The summed E-state index contributed by atoms with van der Waals surface area (Å²) in [5.41, 5.74) is -0.0703. The maximum atomic E-state index is 11.8. The minimum Gasteiger partial charge on any atom is -0.299 e. The average molecular weight is 196 g/mol. The SMILES string of the molecule is CCC(=O)C(C)(C)C1CCCCCC1. The molecule has 0 aromatic carbocycles. The van der Waals surface area contributed by atoms with E-state index in [1.807, 2.05) is 6.92 Å². The average Bonchev–Trinajstić information content (AvgIpc) is 2.44. The van der Waals surface area contributed by atoms with Crippen LogP contribution in [0.15, 0.2) is 0 Å². The molecule has 0 N–H and O–H groups in total. The fourth-order valence-electron chi connectivity index (χ4n) is 2.68. The van der Waals surface area contributed by atoms with Gasteiger partial charge in [0.25, 0.3) is 0 Å². The molecule has 0 radical (unpaired) electrons. The lowest BCUT2D eigenvalue weighted by atomic mass is 9.71. The summed E-state index contributed by atoms with van der Waals surface area (Å²) in [5.74, 6) is 1.09. The molecule has 0 aromatic heterocycles. The van der Waals surface area contributed by atoms with Gasteiger partial charge in [-0.2, -0.15) is 0 Å². The van der Waals surface area contributed by atoms with Gasteiger partial charge in [0.15, 0.2) is 0 Å². The molecule has 0 amide bonds. The monoisotopic (exact) mass is 196 g/mol. The first kappa shape index (κ1) is 11.7. The summed E-state index contributed by atoms with van der Waals surface area (Å²) in [6, 6.07) is 0. The van der Waals surface area contributed by atoms with E-state index in [9.17, 15) is 4.79 Å². The molecule has 1 fully saturated rings. The maximum absolute atomic E-state index is 11.8. The van der Waals surface area contributed by atoms with Crippen LogP contribution in [0.5, 0.6) is 0 Å². The standard InChI is InChI=1S/C13H24O/c1-4-12(14)13(2,3)11-9-7-5-6-8-10-11/h11H,4-10H2,1-3H3. The van der Waals surface area contributed by atoms with Crippen molar-refractivity contribution in [2.75, 3.05) is 0 Å². The van der Waals surface area contributed by atoms with E-state index in [0.29, 0.717) is 18.1 Å². The van der Waals surface area contributed by atoms with Crippen molar-refractivity contribution in [2.45, 2.75) is 65.7 Å². The summed E-state index contributed by atoms with van der Waals surface area (Å²) in [4.78, 5) is 11.8. The third-order valence-electron chi connectivity index (χ3n) is 3.92. The molecule has 0 aliphatic heterocycles. The van der Waals surface area contributed by atoms with Crippen molar-refractivity contribution in [3.05, 3.63) is 0 Å². The molecular formula is C13H24O. The molecule has 1 nitrogen and oxygen atoms in total. The van der Waals surface area contributed by atoms with Crippen LogP contribution < -0.4 is 0 Å². The van der Waals surface area contributed by atoms with Gasteiger partial charge in [-0.1, -0.05) is 46.5 Å². The van der Waals surface area contributed by atoms with E-state index in [0.717, 1.165) is 0 Å². The molecule has 1 aliphatic rings. The zero-order valence-electron chi connectivity index (χ0n) is 9.94. The first-order valence-electron chi connectivity index (χ1n) is 6.12. The van der Waals surface area contributed by atoms with Gasteiger partial charge in [0, 0.05) is 11.8 Å². The number of hydrogen-bond donors (Lipinski definition) is 0. The van der Waals surface area contributed by atoms with Gasteiger partial charge in [-0.15, -0.1) is 0 Å². The van der Waals surface area contributed by atoms with Crippen molar-refractivity contribution in [1.82, 2.24) is 0 Å². The van der Waals surface area contributed by atoms with Gasteiger partial charge in [0.1, 0.15) is 5.78 Å². The Hall–Kier alpha value is -0.330. The third kappa shape index (κ3) is 2.59. The molecule has 0 atom stereocenters. The Labute approximate surface area is 88.3 Å². The first-order valence-corrected chi connectivity index (χ1v) is 6.12. The Morgan fingerprint density at radius 3 is 2.07 bits per heavy atom. The molecule has 14 heavy (non-hydrogen) atoms. The molecule has 0 saturated heterocycles. The van der Waals surface area contributed by atoms with Crippen molar-refractivity contribution >= 4 is 5.78 Å². The lowest BCUT2D eigenvalue weighted by molar-refractivity contribution is -0.129. The number of carbonyl (C=O) groups is 1. The molecule has 0 aromatic rings. The first-order chi connectivity index (χ1) is 6.59. The molecule has 0 spiro atoms. The van der Waals surface area contributed by atoms with Crippen molar-refractivity contribution in [3.8, 4) is 0 Å². The fourth-order valence-corrected chi connectivity index (χ4v) is 2.68.